The van der Waals surface area contributed by atoms with Crippen LogP contribution in [-0.4, -0.2) is 54.0 Å². The number of carbonyl (C=O) groups excluding carboxylic acids is 2. The second-order valence-electron chi connectivity index (χ2n) is 7.74. The van der Waals surface area contributed by atoms with E-state index in [2.05, 4.69) is 10.6 Å². The number of ether oxygens (including phenoxy) is 1. The second-order valence-corrected chi connectivity index (χ2v) is 8.82. The van der Waals surface area contributed by atoms with Gasteiger partial charge in [0.2, 0.25) is 11.8 Å². The van der Waals surface area contributed by atoms with Crippen molar-refractivity contribution < 1.29 is 14.3 Å². The molecule has 0 unspecified atom stereocenters. The number of hydrogen-bond acceptors (Lipinski definition) is 5. The summed E-state index contributed by atoms with van der Waals surface area (Å²) in [6, 6.07) is 17.1. The molecule has 0 aromatic heterocycles. The highest BCUT2D eigenvalue weighted by Gasteiger charge is 2.33. The highest BCUT2D eigenvalue weighted by Crippen LogP contribution is 2.22. The molecule has 2 saturated heterocycles. The van der Waals surface area contributed by atoms with Crippen LogP contribution in [0.5, 0.6) is 11.5 Å². The molecule has 2 aliphatic heterocycles. The van der Waals surface area contributed by atoms with Crippen molar-refractivity contribution >= 4 is 23.6 Å². The summed E-state index contributed by atoms with van der Waals surface area (Å²) in [5.41, 5.74) is 0.907. The van der Waals surface area contributed by atoms with Crippen molar-refractivity contribution in [1.82, 2.24) is 15.5 Å². The molecule has 2 aliphatic rings. The van der Waals surface area contributed by atoms with Crippen LogP contribution in [0.2, 0.25) is 0 Å². The summed E-state index contributed by atoms with van der Waals surface area (Å²) in [6.07, 6.45) is 1.08. The molecule has 0 spiro atoms. The van der Waals surface area contributed by atoms with Gasteiger partial charge in [-0.15, -0.1) is 11.8 Å². The Hall–Kier alpha value is -2.51. The van der Waals surface area contributed by atoms with Crippen LogP contribution in [0.3, 0.4) is 0 Å². The van der Waals surface area contributed by atoms with Crippen LogP contribution >= 0.6 is 11.8 Å². The van der Waals surface area contributed by atoms with E-state index in [0.29, 0.717) is 18.7 Å². The van der Waals surface area contributed by atoms with E-state index in [1.807, 2.05) is 59.5 Å². The molecule has 2 aromatic rings. The molecule has 30 heavy (non-hydrogen) atoms. The lowest BCUT2D eigenvalue weighted by Crippen LogP contribution is -2.42. The first kappa shape index (κ1) is 20.8. The number of benzene rings is 2. The molecule has 2 aromatic carbocycles. The molecular formula is C23H27N3O3S. The minimum absolute atomic E-state index is 0.0161. The first-order chi connectivity index (χ1) is 14.7. The maximum Gasteiger partial charge on any atom is 0.240 e. The fourth-order valence-electron chi connectivity index (χ4n) is 3.81. The molecule has 0 bridgehead atoms. The zero-order valence-corrected chi connectivity index (χ0v) is 17.7. The van der Waals surface area contributed by atoms with Crippen LogP contribution in [-0.2, 0) is 16.0 Å². The summed E-state index contributed by atoms with van der Waals surface area (Å²) in [7, 11) is 0. The van der Waals surface area contributed by atoms with Gasteiger partial charge in [-0.2, -0.15) is 0 Å². The Bertz CT molecular complexity index is 871. The lowest BCUT2D eigenvalue weighted by molar-refractivity contribution is -0.131. The molecule has 7 heteroatoms. The average molecular weight is 426 g/mol. The number of thioether (sulfide) groups is 1. The fraction of sp³-hybridized carbons (Fsp3) is 0.391. The fourth-order valence-corrected chi connectivity index (χ4v) is 4.77. The standard InChI is InChI=1S/C23H27N3O3S/c27-22(13-17-5-4-8-20(11-17)29-19-6-2-1-3-7-19)25-15-18-12-21(24-14-18)23(28)26-9-10-30-16-26/h1-8,11,18,21,24H,9-10,12-16H2,(H,25,27)/t18-,21-/m0/s1. The van der Waals surface area contributed by atoms with Gasteiger partial charge in [-0.1, -0.05) is 30.3 Å². The van der Waals surface area contributed by atoms with Gasteiger partial charge >= 0.3 is 0 Å². The Morgan fingerprint density at radius 2 is 1.97 bits per heavy atom. The van der Waals surface area contributed by atoms with Crippen LogP contribution < -0.4 is 15.4 Å². The topological polar surface area (TPSA) is 70.7 Å². The van der Waals surface area contributed by atoms with Crippen molar-refractivity contribution in [2.75, 3.05) is 31.3 Å². The lowest BCUT2D eigenvalue weighted by atomic mass is 10.0. The Morgan fingerprint density at radius 3 is 2.77 bits per heavy atom. The first-order valence-electron chi connectivity index (χ1n) is 10.4. The summed E-state index contributed by atoms with van der Waals surface area (Å²) in [6.45, 7) is 2.19. The summed E-state index contributed by atoms with van der Waals surface area (Å²) in [5.74, 6) is 3.77. The molecule has 2 N–H and O–H groups in total. The van der Waals surface area contributed by atoms with Crippen LogP contribution in [0.4, 0.5) is 0 Å². The van der Waals surface area contributed by atoms with Gasteiger partial charge in [0.05, 0.1) is 18.3 Å². The number of carbonyl (C=O) groups is 2. The van der Waals surface area contributed by atoms with Gasteiger partial charge in [-0.3, -0.25) is 9.59 Å². The largest absolute Gasteiger partial charge is 0.457 e. The van der Waals surface area contributed by atoms with Crippen molar-refractivity contribution in [1.29, 1.82) is 0 Å². The molecule has 0 aliphatic carbocycles. The van der Waals surface area contributed by atoms with E-state index >= 15 is 0 Å². The summed E-state index contributed by atoms with van der Waals surface area (Å²) in [5, 5.41) is 6.34. The molecule has 2 amide bonds. The molecule has 158 valence electrons. The quantitative estimate of drug-likeness (QED) is 0.714. The normalized spacial score (nSPS) is 20.9. The SMILES string of the molecule is O=C(Cc1cccc(Oc2ccccc2)c1)NC[C@@H]1CN[C@H](C(=O)N2CCSC2)C1. The number of nitrogens with one attached hydrogen (secondary N) is 2. The molecule has 0 radical (unpaired) electrons. The van der Waals surface area contributed by atoms with E-state index in [4.69, 9.17) is 4.74 Å². The Kier molecular flexibility index (Phi) is 6.92. The number of rotatable bonds is 7. The average Bonchev–Trinajstić information content (AvgIpc) is 3.45. The van der Waals surface area contributed by atoms with Gasteiger partial charge in [0.1, 0.15) is 11.5 Å². The van der Waals surface area contributed by atoms with Crippen molar-refractivity contribution in [2.45, 2.75) is 18.9 Å². The monoisotopic (exact) mass is 425 g/mol. The highest BCUT2D eigenvalue weighted by atomic mass is 32.2. The number of para-hydroxylation sites is 1. The number of hydrogen-bond donors (Lipinski definition) is 2. The Labute approximate surface area is 181 Å². The number of nitrogens with zero attached hydrogens (tertiary/aromatic N) is 1. The molecule has 2 heterocycles. The maximum absolute atomic E-state index is 12.5. The van der Waals surface area contributed by atoms with Gasteiger partial charge in [0, 0.05) is 25.4 Å². The van der Waals surface area contributed by atoms with Crippen molar-refractivity contribution in [3.05, 3.63) is 60.2 Å². The third kappa shape index (κ3) is 5.55. The Morgan fingerprint density at radius 1 is 1.13 bits per heavy atom. The van der Waals surface area contributed by atoms with E-state index in [-0.39, 0.29) is 23.8 Å². The van der Waals surface area contributed by atoms with E-state index in [0.717, 1.165) is 42.5 Å². The predicted octanol–water partition coefficient (Wildman–Crippen LogP) is 2.65. The van der Waals surface area contributed by atoms with Gasteiger partial charge in [-0.25, -0.2) is 0 Å². The van der Waals surface area contributed by atoms with E-state index < -0.39 is 0 Å². The molecular weight excluding hydrogens is 398 g/mol. The van der Waals surface area contributed by atoms with Gasteiger partial charge in [-0.05, 0) is 42.2 Å². The van der Waals surface area contributed by atoms with Crippen LogP contribution in [0, 0.1) is 5.92 Å². The predicted molar refractivity (Wildman–Crippen MR) is 119 cm³/mol. The van der Waals surface area contributed by atoms with Crippen molar-refractivity contribution in [3.63, 3.8) is 0 Å². The lowest BCUT2D eigenvalue weighted by Gasteiger charge is -2.19. The van der Waals surface area contributed by atoms with Gasteiger partial charge < -0.3 is 20.3 Å². The van der Waals surface area contributed by atoms with E-state index in [9.17, 15) is 9.59 Å². The van der Waals surface area contributed by atoms with E-state index in [1.54, 1.807) is 11.8 Å². The van der Waals surface area contributed by atoms with Crippen LogP contribution in [0.15, 0.2) is 54.6 Å². The molecule has 2 fully saturated rings. The van der Waals surface area contributed by atoms with Crippen LogP contribution in [0.25, 0.3) is 0 Å². The van der Waals surface area contributed by atoms with Gasteiger partial charge in [0.25, 0.3) is 0 Å². The number of amides is 2. The first-order valence-corrected chi connectivity index (χ1v) is 11.5. The zero-order chi connectivity index (χ0) is 20.8. The molecule has 2 atom stereocenters. The van der Waals surface area contributed by atoms with Crippen molar-refractivity contribution in [2.24, 2.45) is 5.92 Å². The third-order valence-electron chi connectivity index (χ3n) is 5.41. The summed E-state index contributed by atoms with van der Waals surface area (Å²) < 4.78 is 5.84. The Balaban J connectivity index is 1.22. The van der Waals surface area contributed by atoms with Crippen molar-refractivity contribution in [3.8, 4) is 11.5 Å². The molecule has 4 rings (SSSR count). The smallest absolute Gasteiger partial charge is 0.240 e. The minimum Gasteiger partial charge on any atom is -0.457 e. The zero-order valence-electron chi connectivity index (χ0n) is 16.9. The van der Waals surface area contributed by atoms with Crippen LogP contribution in [0.1, 0.15) is 12.0 Å². The summed E-state index contributed by atoms with van der Waals surface area (Å²) in [4.78, 5) is 26.8. The highest BCUT2D eigenvalue weighted by molar-refractivity contribution is 7.99. The maximum atomic E-state index is 12.5. The minimum atomic E-state index is -0.114. The third-order valence-corrected chi connectivity index (χ3v) is 6.38. The molecule has 0 saturated carbocycles. The van der Waals surface area contributed by atoms with Gasteiger partial charge in [0.15, 0.2) is 0 Å². The van der Waals surface area contributed by atoms with E-state index in [1.165, 1.54) is 0 Å². The second kappa shape index (κ2) is 10.00. The molecule has 6 nitrogen and oxygen atoms in total. The summed E-state index contributed by atoms with van der Waals surface area (Å²) >= 11 is 1.80.